The fourth-order valence-corrected chi connectivity index (χ4v) is 4.71. The molecule has 7 heteroatoms. The Morgan fingerprint density at radius 3 is 2.11 bits per heavy atom. The number of para-hydroxylation sites is 1. The minimum absolute atomic E-state index is 0.0194. The van der Waals surface area contributed by atoms with Crippen molar-refractivity contribution < 1.29 is 8.81 Å². The number of nitriles is 1. The molecule has 0 bridgehead atoms. The van der Waals surface area contributed by atoms with Crippen LogP contribution >= 0.6 is 0 Å². The number of furan rings is 1. The van der Waals surface area contributed by atoms with Crippen LogP contribution in [0.5, 0.6) is 0 Å². The number of halogens is 1. The third-order valence-corrected chi connectivity index (χ3v) is 6.56. The molecule has 2 aromatic heterocycles. The van der Waals surface area contributed by atoms with Gasteiger partial charge in [0.05, 0.1) is 17.3 Å². The Kier molecular flexibility index (Phi) is 5.46. The molecule has 166 valence electrons. The number of fused-ring (bicyclic) bond motifs is 3. The van der Waals surface area contributed by atoms with Gasteiger partial charge >= 0.3 is 0 Å². The van der Waals surface area contributed by atoms with Gasteiger partial charge in [-0.05, 0) is 34.9 Å². The normalized spacial score (nSPS) is 11.1. The van der Waals surface area contributed by atoms with Crippen LogP contribution in [0.4, 0.5) is 4.39 Å². The molecule has 37 heavy (non-hydrogen) atoms. The maximum Gasteiger partial charge on any atom is 0.145 e. The summed E-state index contributed by atoms with van der Waals surface area (Å²) < 4.78 is 20.6. The van der Waals surface area contributed by atoms with Crippen LogP contribution in [-0.2, 0) is 0 Å². The molecular formula is C30H14B3FN2O. The second-order valence-corrected chi connectivity index (χ2v) is 8.69. The van der Waals surface area contributed by atoms with Crippen LogP contribution in [0.3, 0.4) is 0 Å². The number of benzene rings is 4. The Morgan fingerprint density at radius 1 is 0.703 bits per heavy atom. The van der Waals surface area contributed by atoms with Crippen LogP contribution in [0.2, 0.25) is 0 Å². The number of hydrogen-bond acceptors (Lipinski definition) is 3. The summed E-state index contributed by atoms with van der Waals surface area (Å²) in [4.78, 5) is 4.16. The van der Waals surface area contributed by atoms with Crippen LogP contribution in [0.1, 0.15) is 5.56 Å². The van der Waals surface area contributed by atoms with E-state index in [1.807, 2.05) is 72.8 Å². The molecule has 0 aliphatic heterocycles. The molecule has 0 saturated heterocycles. The predicted octanol–water partition coefficient (Wildman–Crippen LogP) is 4.37. The lowest BCUT2D eigenvalue weighted by Gasteiger charge is -2.12. The molecule has 0 unspecified atom stereocenters. The number of pyridine rings is 1. The lowest BCUT2D eigenvalue weighted by Crippen LogP contribution is -2.38. The smallest absolute Gasteiger partial charge is 0.145 e. The summed E-state index contributed by atoms with van der Waals surface area (Å²) in [6.45, 7) is 0. The Bertz CT molecular complexity index is 1870. The van der Waals surface area contributed by atoms with E-state index >= 15 is 0 Å². The van der Waals surface area contributed by atoms with E-state index < -0.39 is 5.82 Å². The van der Waals surface area contributed by atoms with Crippen molar-refractivity contribution in [1.29, 1.82) is 5.26 Å². The molecule has 6 radical (unpaired) electrons. The first-order valence-corrected chi connectivity index (χ1v) is 11.5. The number of hydrogen-bond donors (Lipinski definition) is 0. The highest BCUT2D eigenvalue weighted by Gasteiger charge is 2.21. The van der Waals surface area contributed by atoms with E-state index in [1.54, 1.807) is 12.1 Å². The quantitative estimate of drug-likeness (QED) is 0.362. The second kappa shape index (κ2) is 8.83. The summed E-state index contributed by atoms with van der Waals surface area (Å²) in [5.74, 6) is -0.849. The maximum atomic E-state index is 14.2. The molecule has 0 aliphatic carbocycles. The molecule has 0 atom stereocenters. The van der Waals surface area contributed by atoms with E-state index in [0.29, 0.717) is 27.9 Å². The van der Waals surface area contributed by atoms with Crippen LogP contribution in [0.15, 0.2) is 89.3 Å². The minimum Gasteiger partial charge on any atom is -0.455 e. The summed E-state index contributed by atoms with van der Waals surface area (Å²) in [7, 11) is 17.7. The molecule has 0 aliphatic rings. The van der Waals surface area contributed by atoms with Crippen molar-refractivity contribution in [3.8, 4) is 39.6 Å². The molecule has 4 aromatic carbocycles. The predicted molar refractivity (Wildman–Crippen MR) is 149 cm³/mol. The SMILES string of the molecule is [B]c1nc(-c2cccc3c2oc2c(-c4ccc(-c5ccccc5)cc4)c(C#N)ccc23)c([B])c([B])c1F. The van der Waals surface area contributed by atoms with Gasteiger partial charge in [0, 0.05) is 27.5 Å². The van der Waals surface area contributed by atoms with Gasteiger partial charge in [0.15, 0.2) is 0 Å². The minimum atomic E-state index is -0.849. The number of nitrogens with zero attached hydrogens (tertiary/aromatic N) is 2. The summed E-state index contributed by atoms with van der Waals surface area (Å²) in [6.07, 6.45) is 0. The maximum absolute atomic E-state index is 14.2. The summed E-state index contributed by atoms with van der Waals surface area (Å²) >= 11 is 0. The summed E-state index contributed by atoms with van der Waals surface area (Å²) in [5, 5.41) is 11.5. The monoisotopic (exact) mass is 470 g/mol. The van der Waals surface area contributed by atoms with Crippen molar-refractivity contribution in [2.24, 2.45) is 0 Å². The van der Waals surface area contributed by atoms with Gasteiger partial charge in [-0.25, -0.2) is 4.39 Å². The third-order valence-electron chi connectivity index (χ3n) is 6.56. The zero-order valence-corrected chi connectivity index (χ0v) is 19.5. The second-order valence-electron chi connectivity index (χ2n) is 8.69. The molecule has 0 N–H and O–H groups in total. The zero-order chi connectivity index (χ0) is 25.7. The number of aromatic nitrogens is 1. The van der Waals surface area contributed by atoms with E-state index in [1.165, 1.54) is 0 Å². The highest BCUT2D eigenvalue weighted by atomic mass is 19.1. The van der Waals surface area contributed by atoms with E-state index in [4.69, 9.17) is 28.0 Å². The lowest BCUT2D eigenvalue weighted by atomic mass is 9.76. The average molecular weight is 470 g/mol. The first-order valence-electron chi connectivity index (χ1n) is 11.5. The van der Waals surface area contributed by atoms with Crippen molar-refractivity contribution in [2.75, 3.05) is 0 Å². The van der Waals surface area contributed by atoms with Crippen LogP contribution in [0, 0.1) is 17.1 Å². The fraction of sp³-hybridized carbons (Fsp3) is 0. The highest BCUT2D eigenvalue weighted by molar-refractivity contribution is 6.52. The summed E-state index contributed by atoms with van der Waals surface area (Å²) in [6, 6.07) is 29.5. The van der Waals surface area contributed by atoms with Gasteiger partial charge in [0.1, 0.15) is 40.5 Å². The van der Waals surface area contributed by atoms with Crippen LogP contribution < -0.4 is 16.5 Å². The fourth-order valence-electron chi connectivity index (χ4n) is 4.71. The Labute approximate surface area is 216 Å². The van der Waals surface area contributed by atoms with Gasteiger partial charge in [-0.1, -0.05) is 77.7 Å². The topological polar surface area (TPSA) is 49.8 Å². The molecule has 2 heterocycles. The summed E-state index contributed by atoms with van der Waals surface area (Å²) in [5.41, 5.74) is 5.33. The van der Waals surface area contributed by atoms with E-state index in [0.717, 1.165) is 27.5 Å². The van der Waals surface area contributed by atoms with Gasteiger partial charge in [-0.2, -0.15) is 5.26 Å². The zero-order valence-electron chi connectivity index (χ0n) is 19.5. The molecule has 0 fully saturated rings. The first-order chi connectivity index (χ1) is 18.0. The standard InChI is InChI=1S/C30H14B3FN2O/c31-24-25(32)27(36-30(33)26(24)34)22-8-4-7-20-21-14-13-19(15-35)23(29(21)37-28(20)22)18-11-9-17(10-12-18)16-5-2-1-3-6-16/h1-14H. The van der Waals surface area contributed by atoms with Crippen molar-refractivity contribution >= 4 is 62.0 Å². The third kappa shape index (κ3) is 3.65. The van der Waals surface area contributed by atoms with Gasteiger partial charge in [0.25, 0.3) is 0 Å². The largest absolute Gasteiger partial charge is 0.455 e. The average Bonchev–Trinajstić information content (AvgIpc) is 3.33. The molecule has 0 saturated carbocycles. The molecule has 6 aromatic rings. The van der Waals surface area contributed by atoms with Crippen LogP contribution in [0.25, 0.3) is 55.4 Å². The molecule has 0 spiro atoms. The van der Waals surface area contributed by atoms with Gasteiger partial charge in [-0.15, -0.1) is 0 Å². The van der Waals surface area contributed by atoms with E-state index in [9.17, 15) is 9.65 Å². The molecule has 0 amide bonds. The molecule has 6 rings (SSSR count). The van der Waals surface area contributed by atoms with E-state index in [-0.39, 0.29) is 22.2 Å². The van der Waals surface area contributed by atoms with E-state index in [2.05, 4.69) is 11.1 Å². The van der Waals surface area contributed by atoms with Crippen molar-refractivity contribution in [3.05, 3.63) is 96.3 Å². The van der Waals surface area contributed by atoms with Crippen molar-refractivity contribution in [1.82, 2.24) is 4.98 Å². The van der Waals surface area contributed by atoms with Gasteiger partial charge in [-0.3, -0.25) is 4.98 Å². The number of rotatable bonds is 3. The van der Waals surface area contributed by atoms with Gasteiger partial charge < -0.3 is 4.42 Å². The Morgan fingerprint density at radius 2 is 1.38 bits per heavy atom. The Balaban J connectivity index is 1.59. The first kappa shape index (κ1) is 22.9. The van der Waals surface area contributed by atoms with Gasteiger partial charge in [0.2, 0.25) is 0 Å². The molecular weight excluding hydrogens is 456 g/mol. The van der Waals surface area contributed by atoms with Crippen LogP contribution in [-0.4, -0.2) is 28.5 Å². The highest BCUT2D eigenvalue weighted by Crippen LogP contribution is 2.41. The van der Waals surface area contributed by atoms with Crippen molar-refractivity contribution in [3.63, 3.8) is 0 Å². The molecule has 3 nitrogen and oxygen atoms in total. The Hall–Kier alpha value is -4.56. The lowest BCUT2D eigenvalue weighted by molar-refractivity contribution is 0.641. The van der Waals surface area contributed by atoms with Crippen molar-refractivity contribution in [2.45, 2.75) is 0 Å².